The van der Waals surface area contributed by atoms with E-state index in [2.05, 4.69) is 20.5 Å². The summed E-state index contributed by atoms with van der Waals surface area (Å²) in [5, 5.41) is 12.0. The van der Waals surface area contributed by atoms with E-state index in [9.17, 15) is 9.59 Å². The van der Waals surface area contributed by atoms with E-state index in [0.717, 1.165) is 4.83 Å². The van der Waals surface area contributed by atoms with Gasteiger partial charge in [-0.3, -0.25) is 19.3 Å². The Hall–Kier alpha value is -3.20. The lowest BCUT2D eigenvalue weighted by atomic mass is 10.3. The van der Waals surface area contributed by atoms with Crippen molar-refractivity contribution in [1.82, 2.24) is 25.1 Å². The zero-order chi connectivity index (χ0) is 18.1. The lowest BCUT2D eigenvalue weighted by Gasteiger charge is -2.09. The Morgan fingerprint density at radius 2 is 2.31 bits per heavy atom. The number of nitrogens with one attached hydrogen (secondary N) is 2. The van der Waals surface area contributed by atoms with Gasteiger partial charge in [-0.05, 0) is 30.5 Å². The van der Waals surface area contributed by atoms with Gasteiger partial charge >= 0.3 is 0 Å². The second kappa shape index (κ2) is 6.60. The first-order valence-electron chi connectivity index (χ1n) is 7.95. The molecule has 0 aliphatic rings. The van der Waals surface area contributed by atoms with Crippen molar-refractivity contribution in [3.05, 3.63) is 57.8 Å². The predicted molar refractivity (Wildman–Crippen MR) is 97.2 cm³/mol. The first kappa shape index (κ1) is 16.3. The normalized spacial score (nSPS) is 11.1. The molecule has 0 unspecified atom stereocenters. The number of amides is 1. The number of hydrogen-bond acceptors (Lipinski definition) is 6. The summed E-state index contributed by atoms with van der Waals surface area (Å²) >= 11 is 1.44. The van der Waals surface area contributed by atoms with Crippen molar-refractivity contribution in [3.8, 4) is 11.5 Å². The Morgan fingerprint density at radius 3 is 3.12 bits per heavy atom. The first-order valence-corrected chi connectivity index (χ1v) is 8.83. The lowest BCUT2D eigenvalue weighted by molar-refractivity contribution is 0.0947. The average molecular weight is 369 g/mol. The third kappa shape index (κ3) is 2.93. The van der Waals surface area contributed by atoms with Crippen LogP contribution in [0, 0.1) is 6.92 Å². The number of aromatic amines is 1. The van der Waals surface area contributed by atoms with Crippen LogP contribution >= 0.6 is 11.3 Å². The number of thiophene rings is 1. The third-order valence-electron chi connectivity index (χ3n) is 3.99. The summed E-state index contributed by atoms with van der Waals surface area (Å²) in [6.07, 6.45) is 1.55. The first-order chi connectivity index (χ1) is 12.6. The molecule has 9 heteroatoms. The van der Waals surface area contributed by atoms with E-state index in [-0.39, 0.29) is 17.2 Å². The molecule has 1 amide bonds. The standard InChI is InChI=1S/C17H15N5O3S/c1-10-19-16-11(4-8-26-16)17(24)22(10)6-5-18-15(23)13-9-12(20-21-13)14-3-2-7-25-14/h2-4,7-9H,5-6H2,1H3,(H,18,23)(H,20,21). The minimum atomic E-state index is -0.325. The number of H-pyrrole nitrogens is 1. The van der Waals surface area contributed by atoms with E-state index < -0.39 is 0 Å². The van der Waals surface area contributed by atoms with Crippen molar-refractivity contribution in [2.24, 2.45) is 0 Å². The Labute approximate surface area is 151 Å². The maximum absolute atomic E-state index is 12.5. The van der Waals surface area contributed by atoms with E-state index >= 15 is 0 Å². The van der Waals surface area contributed by atoms with Crippen LogP contribution in [0.25, 0.3) is 21.7 Å². The second-order valence-corrected chi connectivity index (χ2v) is 6.55. The maximum atomic E-state index is 12.5. The molecule has 2 N–H and O–H groups in total. The SMILES string of the molecule is Cc1nc2sccc2c(=O)n1CCNC(=O)c1cc(-c2ccco2)[nH]n1. The van der Waals surface area contributed by atoms with Crippen LogP contribution in [0.5, 0.6) is 0 Å². The molecule has 0 aromatic carbocycles. The van der Waals surface area contributed by atoms with Crippen LogP contribution in [0.1, 0.15) is 16.3 Å². The van der Waals surface area contributed by atoms with Gasteiger partial charge in [0.1, 0.15) is 16.3 Å². The number of hydrogen-bond donors (Lipinski definition) is 2. The van der Waals surface area contributed by atoms with Crippen molar-refractivity contribution >= 4 is 27.5 Å². The molecule has 132 valence electrons. The number of carbonyl (C=O) groups is 1. The molecule has 0 saturated carbocycles. The quantitative estimate of drug-likeness (QED) is 0.561. The van der Waals surface area contributed by atoms with Crippen molar-refractivity contribution in [1.29, 1.82) is 0 Å². The molecule has 26 heavy (non-hydrogen) atoms. The van der Waals surface area contributed by atoms with Gasteiger partial charge in [0.2, 0.25) is 0 Å². The van der Waals surface area contributed by atoms with Gasteiger partial charge in [-0.25, -0.2) is 4.98 Å². The van der Waals surface area contributed by atoms with E-state index in [1.165, 1.54) is 11.3 Å². The molecule has 0 aliphatic heterocycles. The summed E-state index contributed by atoms with van der Waals surface area (Å²) in [4.78, 5) is 29.9. The number of fused-ring (bicyclic) bond motifs is 1. The summed E-state index contributed by atoms with van der Waals surface area (Å²) in [5.74, 6) is 0.905. The zero-order valence-corrected chi connectivity index (χ0v) is 14.7. The number of aromatic nitrogens is 4. The molecule has 0 aliphatic carbocycles. The summed E-state index contributed by atoms with van der Waals surface area (Å²) in [5.41, 5.74) is 0.786. The van der Waals surface area contributed by atoms with Crippen LogP contribution in [0.15, 0.2) is 45.1 Å². The predicted octanol–water partition coefficient (Wildman–Crippen LogP) is 2.18. The molecule has 0 saturated heterocycles. The highest BCUT2D eigenvalue weighted by molar-refractivity contribution is 7.16. The van der Waals surface area contributed by atoms with Crippen LogP contribution in [0.3, 0.4) is 0 Å². The fourth-order valence-electron chi connectivity index (χ4n) is 2.68. The van der Waals surface area contributed by atoms with Crippen LogP contribution < -0.4 is 10.9 Å². The van der Waals surface area contributed by atoms with Gasteiger partial charge in [0.25, 0.3) is 11.5 Å². The number of aryl methyl sites for hydroxylation is 1. The highest BCUT2D eigenvalue weighted by Gasteiger charge is 2.13. The van der Waals surface area contributed by atoms with Gasteiger partial charge in [0.05, 0.1) is 11.6 Å². The summed E-state index contributed by atoms with van der Waals surface area (Å²) in [6.45, 7) is 2.41. The molecule has 4 aromatic heterocycles. The van der Waals surface area contributed by atoms with Gasteiger partial charge in [0, 0.05) is 19.2 Å². The number of carbonyl (C=O) groups excluding carboxylic acids is 1. The monoisotopic (exact) mass is 369 g/mol. The van der Waals surface area contributed by atoms with E-state index in [4.69, 9.17) is 4.42 Å². The fourth-order valence-corrected chi connectivity index (χ4v) is 3.48. The maximum Gasteiger partial charge on any atom is 0.271 e. The molecule has 8 nitrogen and oxygen atoms in total. The molecule has 0 spiro atoms. The largest absolute Gasteiger partial charge is 0.463 e. The highest BCUT2D eigenvalue weighted by Crippen LogP contribution is 2.17. The van der Waals surface area contributed by atoms with Gasteiger partial charge < -0.3 is 9.73 Å². The smallest absolute Gasteiger partial charge is 0.271 e. The van der Waals surface area contributed by atoms with Gasteiger partial charge in [-0.2, -0.15) is 5.10 Å². The Balaban J connectivity index is 1.43. The molecular formula is C17H15N5O3S. The Bertz CT molecular complexity index is 1120. The molecule has 0 fully saturated rings. The van der Waals surface area contributed by atoms with Crippen LogP contribution in [-0.4, -0.2) is 32.2 Å². The van der Waals surface area contributed by atoms with Crippen molar-refractivity contribution < 1.29 is 9.21 Å². The average Bonchev–Trinajstić information content (AvgIpc) is 3.37. The molecule has 0 bridgehead atoms. The van der Waals surface area contributed by atoms with Gasteiger partial charge in [-0.1, -0.05) is 0 Å². The summed E-state index contributed by atoms with van der Waals surface area (Å²) in [7, 11) is 0. The summed E-state index contributed by atoms with van der Waals surface area (Å²) in [6, 6.07) is 6.92. The lowest BCUT2D eigenvalue weighted by Crippen LogP contribution is -2.32. The highest BCUT2D eigenvalue weighted by atomic mass is 32.1. The Kier molecular flexibility index (Phi) is 4.13. The summed E-state index contributed by atoms with van der Waals surface area (Å²) < 4.78 is 6.82. The second-order valence-electron chi connectivity index (χ2n) is 5.66. The van der Waals surface area contributed by atoms with Crippen LogP contribution in [0.4, 0.5) is 0 Å². The minimum absolute atomic E-state index is 0.0946. The topological polar surface area (TPSA) is 106 Å². The number of nitrogens with zero attached hydrogens (tertiary/aromatic N) is 3. The molecule has 0 radical (unpaired) electrons. The van der Waals surface area contributed by atoms with Gasteiger partial charge in [0.15, 0.2) is 11.5 Å². The molecular weight excluding hydrogens is 354 g/mol. The number of rotatable bonds is 5. The fraction of sp³-hybridized carbons (Fsp3) is 0.176. The third-order valence-corrected chi connectivity index (χ3v) is 4.80. The molecule has 4 aromatic rings. The van der Waals surface area contributed by atoms with Crippen LogP contribution in [-0.2, 0) is 6.54 Å². The van der Waals surface area contributed by atoms with Crippen molar-refractivity contribution in [3.63, 3.8) is 0 Å². The van der Waals surface area contributed by atoms with E-state index in [1.807, 2.05) is 5.38 Å². The minimum Gasteiger partial charge on any atom is -0.463 e. The zero-order valence-electron chi connectivity index (χ0n) is 13.9. The number of furan rings is 1. The van der Waals surface area contributed by atoms with Crippen LogP contribution in [0.2, 0.25) is 0 Å². The van der Waals surface area contributed by atoms with E-state index in [0.29, 0.717) is 35.8 Å². The van der Waals surface area contributed by atoms with E-state index in [1.54, 1.807) is 42.0 Å². The van der Waals surface area contributed by atoms with Crippen molar-refractivity contribution in [2.75, 3.05) is 6.54 Å². The van der Waals surface area contributed by atoms with Crippen molar-refractivity contribution in [2.45, 2.75) is 13.5 Å². The molecule has 0 atom stereocenters. The molecule has 4 heterocycles. The molecule has 4 rings (SSSR count). The Morgan fingerprint density at radius 1 is 1.42 bits per heavy atom. The van der Waals surface area contributed by atoms with Gasteiger partial charge in [-0.15, -0.1) is 11.3 Å².